The van der Waals surface area contributed by atoms with E-state index in [1.54, 1.807) is 6.92 Å². The van der Waals surface area contributed by atoms with Crippen molar-refractivity contribution < 1.29 is 4.79 Å². The molecule has 0 saturated carbocycles. The summed E-state index contributed by atoms with van der Waals surface area (Å²) in [5.74, 6) is -0.139. The van der Waals surface area contributed by atoms with E-state index in [0.29, 0.717) is 5.57 Å². The van der Waals surface area contributed by atoms with Gasteiger partial charge in [0.05, 0.1) is 0 Å². The minimum Gasteiger partial charge on any atom is -0.322 e. The number of unbranched alkanes of at least 4 members (excludes halogenated alkanes) is 2. The maximum Gasteiger partial charge on any atom is 0.250 e. The molecule has 2 heteroatoms. The number of hydrogen-bond donors (Lipinski definition) is 1. The second kappa shape index (κ2) is 9.56. The molecule has 1 amide bonds. The van der Waals surface area contributed by atoms with E-state index in [1.165, 1.54) is 52.3 Å². The lowest BCUT2D eigenvalue weighted by atomic mass is 9.94. The summed E-state index contributed by atoms with van der Waals surface area (Å²) in [6, 6.07) is 19.7. The summed E-state index contributed by atoms with van der Waals surface area (Å²) in [6.07, 6.45) is 5.86. The summed E-state index contributed by atoms with van der Waals surface area (Å²) in [5.41, 5.74) is 6.40. The molecule has 0 aliphatic rings. The highest BCUT2D eigenvalue weighted by Crippen LogP contribution is 2.30. The van der Waals surface area contributed by atoms with Gasteiger partial charge in [-0.05, 0) is 77.4 Å². The molecular weight excluding hydrogens is 354 g/mol. The van der Waals surface area contributed by atoms with Crippen LogP contribution in [0.5, 0.6) is 0 Å². The van der Waals surface area contributed by atoms with Crippen molar-refractivity contribution in [3.63, 3.8) is 0 Å². The molecule has 0 aliphatic carbocycles. The topological polar surface area (TPSA) is 29.1 Å². The molecule has 0 atom stereocenters. The van der Waals surface area contributed by atoms with E-state index >= 15 is 0 Å². The molecule has 3 rings (SSSR count). The first-order valence-electron chi connectivity index (χ1n) is 10.6. The molecule has 0 heterocycles. The quantitative estimate of drug-likeness (QED) is 0.319. The monoisotopic (exact) mass is 385 g/mol. The fourth-order valence-corrected chi connectivity index (χ4v) is 3.68. The number of hydrogen-bond acceptors (Lipinski definition) is 1. The molecule has 0 radical (unpaired) electrons. The van der Waals surface area contributed by atoms with Gasteiger partial charge >= 0.3 is 0 Å². The molecule has 29 heavy (non-hydrogen) atoms. The van der Waals surface area contributed by atoms with Crippen LogP contribution in [0.2, 0.25) is 0 Å². The van der Waals surface area contributed by atoms with Crippen LogP contribution in [0.25, 0.3) is 21.9 Å². The highest BCUT2D eigenvalue weighted by molar-refractivity contribution is 6.03. The molecule has 3 aromatic rings. The highest BCUT2D eigenvalue weighted by Gasteiger charge is 2.09. The maximum absolute atomic E-state index is 11.9. The zero-order valence-corrected chi connectivity index (χ0v) is 17.8. The predicted octanol–water partition coefficient (Wildman–Crippen LogP) is 7.32. The van der Waals surface area contributed by atoms with Crippen molar-refractivity contribution >= 4 is 22.4 Å². The first-order valence-corrected chi connectivity index (χ1v) is 10.6. The molecular formula is C27H31NO. The SMILES string of the molecule is C=C(C)C(=O)Nc1ccc(-c2ccc3cc(CCCCC)ccc3c2)c(CC)c1. The molecule has 0 saturated heterocycles. The third-order valence-corrected chi connectivity index (χ3v) is 5.42. The molecule has 0 aliphatic heterocycles. The van der Waals surface area contributed by atoms with Gasteiger partial charge < -0.3 is 5.32 Å². The van der Waals surface area contributed by atoms with E-state index in [2.05, 4.69) is 74.3 Å². The summed E-state index contributed by atoms with van der Waals surface area (Å²) < 4.78 is 0. The molecule has 0 aromatic heterocycles. The minimum absolute atomic E-state index is 0.139. The first kappa shape index (κ1) is 20.9. The van der Waals surface area contributed by atoms with Crippen LogP contribution in [-0.2, 0) is 17.6 Å². The fraction of sp³-hybridized carbons (Fsp3) is 0.296. The van der Waals surface area contributed by atoms with Crippen LogP contribution in [0.4, 0.5) is 5.69 Å². The predicted molar refractivity (Wildman–Crippen MR) is 125 cm³/mol. The summed E-state index contributed by atoms with van der Waals surface area (Å²) in [7, 11) is 0. The van der Waals surface area contributed by atoms with Crippen LogP contribution in [-0.4, -0.2) is 5.91 Å². The van der Waals surface area contributed by atoms with Crippen LogP contribution in [0.3, 0.4) is 0 Å². The largest absolute Gasteiger partial charge is 0.322 e. The normalized spacial score (nSPS) is 10.9. The Morgan fingerprint density at radius 2 is 1.69 bits per heavy atom. The summed E-state index contributed by atoms with van der Waals surface area (Å²) in [6.45, 7) is 9.81. The van der Waals surface area contributed by atoms with Gasteiger partial charge in [-0.15, -0.1) is 0 Å². The number of benzene rings is 3. The van der Waals surface area contributed by atoms with Crippen molar-refractivity contribution in [2.24, 2.45) is 0 Å². The van der Waals surface area contributed by atoms with E-state index in [0.717, 1.165) is 18.5 Å². The van der Waals surface area contributed by atoms with Gasteiger partial charge in [-0.3, -0.25) is 4.79 Å². The lowest BCUT2D eigenvalue weighted by Crippen LogP contribution is -2.12. The molecule has 150 valence electrons. The third kappa shape index (κ3) is 5.14. The molecule has 2 nitrogen and oxygen atoms in total. The standard InChI is InChI=1S/C27H31NO/c1-5-7-8-9-20-10-11-23-17-24(13-12-22(23)16-20)26-15-14-25(18-21(26)6-2)28-27(29)19(3)4/h10-18H,3,5-9H2,1-2,4H3,(H,28,29). The number of aryl methyl sites for hydroxylation is 2. The molecule has 1 N–H and O–H groups in total. The average Bonchev–Trinajstić information content (AvgIpc) is 2.73. The van der Waals surface area contributed by atoms with Crippen molar-refractivity contribution in [3.05, 3.63) is 77.9 Å². The van der Waals surface area contributed by atoms with Gasteiger partial charge in [-0.25, -0.2) is 0 Å². The van der Waals surface area contributed by atoms with Crippen LogP contribution in [0.15, 0.2) is 66.7 Å². The zero-order valence-electron chi connectivity index (χ0n) is 17.8. The highest BCUT2D eigenvalue weighted by atomic mass is 16.1. The Labute approximate surface area is 174 Å². The van der Waals surface area contributed by atoms with E-state index in [4.69, 9.17) is 0 Å². The van der Waals surface area contributed by atoms with Crippen molar-refractivity contribution in [1.29, 1.82) is 0 Å². The van der Waals surface area contributed by atoms with Gasteiger partial charge in [-0.2, -0.15) is 0 Å². The number of amides is 1. The van der Waals surface area contributed by atoms with Gasteiger partial charge in [0, 0.05) is 11.3 Å². The van der Waals surface area contributed by atoms with Crippen molar-refractivity contribution in [1.82, 2.24) is 0 Å². The molecule has 3 aromatic carbocycles. The first-order chi connectivity index (χ1) is 14.0. The Morgan fingerprint density at radius 1 is 0.931 bits per heavy atom. The Hall–Kier alpha value is -2.87. The van der Waals surface area contributed by atoms with E-state index in [9.17, 15) is 4.79 Å². The van der Waals surface area contributed by atoms with E-state index in [-0.39, 0.29) is 5.91 Å². The second-order valence-corrected chi connectivity index (χ2v) is 7.81. The summed E-state index contributed by atoms with van der Waals surface area (Å²) >= 11 is 0. The lowest BCUT2D eigenvalue weighted by molar-refractivity contribution is -0.112. The molecule has 0 fully saturated rings. The Kier molecular flexibility index (Phi) is 6.87. The fourth-order valence-electron chi connectivity index (χ4n) is 3.68. The zero-order chi connectivity index (χ0) is 20.8. The number of carbonyl (C=O) groups is 1. The van der Waals surface area contributed by atoms with Crippen LogP contribution < -0.4 is 5.32 Å². The summed E-state index contributed by atoms with van der Waals surface area (Å²) in [4.78, 5) is 11.9. The Balaban J connectivity index is 1.88. The second-order valence-electron chi connectivity index (χ2n) is 7.81. The van der Waals surface area contributed by atoms with Crippen molar-refractivity contribution in [2.75, 3.05) is 5.32 Å². The van der Waals surface area contributed by atoms with Gasteiger partial charge in [0.2, 0.25) is 0 Å². The number of carbonyl (C=O) groups excluding carboxylic acids is 1. The Morgan fingerprint density at radius 3 is 2.41 bits per heavy atom. The maximum atomic E-state index is 11.9. The van der Waals surface area contributed by atoms with Gasteiger partial charge in [0.1, 0.15) is 0 Å². The van der Waals surface area contributed by atoms with Crippen molar-refractivity contribution in [3.8, 4) is 11.1 Å². The minimum atomic E-state index is -0.139. The van der Waals surface area contributed by atoms with E-state index in [1.807, 2.05) is 6.07 Å². The van der Waals surface area contributed by atoms with Crippen LogP contribution >= 0.6 is 0 Å². The van der Waals surface area contributed by atoms with Gasteiger partial charge in [-0.1, -0.05) is 69.7 Å². The average molecular weight is 386 g/mol. The van der Waals surface area contributed by atoms with Crippen LogP contribution in [0.1, 0.15) is 51.2 Å². The molecule has 0 bridgehead atoms. The number of anilines is 1. The molecule has 0 spiro atoms. The Bertz CT molecular complexity index is 1030. The number of fused-ring (bicyclic) bond motifs is 1. The smallest absolute Gasteiger partial charge is 0.250 e. The number of rotatable bonds is 8. The van der Waals surface area contributed by atoms with Crippen LogP contribution in [0, 0.1) is 0 Å². The molecule has 0 unspecified atom stereocenters. The van der Waals surface area contributed by atoms with Gasteiger partial charge in [0.25, 0.3) is 5.91 Å². The third-order valence-electron chi connectivity index (χ3n) is 5.42. The van der Waals surface area contributed by atoms with Crippen molar-refractivity contribution in [2.45, 2.75) is 52.9 Å². The lowest BCUT2D eigenvalue weighted by Gasteiger charge is -2.13. The summed E-state index contributed by atoms with van der Waals surface area (Å²) in [5, 5.41) is 5.48. The number of nitrogens with one attached hydrogen (secondary N) is 1. The van der Waals surface area contributed by atoms with Gasteiger partial charge in [0.15, 0.2) is 0 Å². The van der Waals surface area contributed by atoms with E-state index < -0.39 is 0 Å².